The molecule has 3 rings (SSSR count). The molecule has 1 amide bonds. The molecule has 1 fully saturated rings. The van der Waals surface area contributed by atoms with E-state index in [4.69, 9.17) is 4.74 Å². The highest BCUT2D eigenvalue weighted by Crippen LogP contribution is 2.11. The Hall–Kier alpha value is -2.51. The molecule has 1 aliphatic rings. The zero-order valence-corrected chi connectivity index (χ0v) is 14.6. The Balaban J connectivity index is 1.49. The number of nitrogens with zero attached hydrogens (tertiary/aromatic N) is 2. The van der Waals surface area contributed by atoms with Gasteiger partial charge in [-0.1, -0.05) is 18.2 Å². The van der Waals surface area contributed by atoms with Crippen molar-refractivity contribution in [1.29, 1.82) is 0 Å². The van der Waals surface area contributed by atoms with E-state index < -0.39 is 0 Å². The normalized spacial score (nSPS) is 14.8. The standard InChI is InChI=1S/C19H23FN4O2/c20-17-4-2-1-3-16(17)14-23-18-13-15(5-6-21-18)19(25)22-7-8-24-9-11-26-12-10-24/h1-6,13H,7-12,14H2,(H,21,23)(H,22,25). The maximum Gasteiger partial charge on any atom is 0.251 e. The number of ether oxygens (including phenoxy) is 1. The maximum absolute atomic E-state index is 13.7. The van der Waals surface area contributed by atoms with Gasteiger partial charge in [0.2, 0.25) is 0 Å². The van der Waals surface area contributed by atoms with Gasteiger partial charge in [0, 0.05) is 50.0 Å². The summed E-state index contributed by atoms with van der Waals surface area (Å²) in [4.78, 5) is 18.7. The predicted molar refractivity (Wildman–Crippen MR) is 97.6 cm³/mol. The lowest BCUT2D eigenvalue weighted by atomic mass is 10.2. The molecular weight excluding hydrogens is 335 g/mol. The number of hydrogen-bond donors (Lipinski definition) is 2. The minimum absolute atomic E-state index is 0.144. The number of anilines is 1. The Kier molecular flexibility index (Phi) is 6.51. The minimum atomic E-state index is -0.267. The molecule has 0 unspecified atom stereocenters. The van der Waals surface area contributed by atoms with Crippen molar-refractivity contribution in [2.24, 2.45) is 0 Å². The van der Waals surface area contributed by atoms with Crippen molar-refractivity contribution in [3.8, 4) is 0 Å². The van der Waals surface area contributed by atoms with E-state index in [2.05, 4.69) is 20.5 Å². The van der Waals surface area contributed by atoms with Crippen LogP contribution in [0.4, 0.5) is 10.2 Å². The van der Waals surface area contributed by atoms with Crippen molar-refractivity contribution in [2.75, 3.05) is 44.7 Å². The van der Waals surface area contributed by atoms with Crippen LogP contribution in [0.5, 0.6) is 0 Å². The van der Waals surface area contributed by atoms with Crippen molar-refractivity contribution < 1.29 is 13.9 Å². The number of morpholine rings is 1. The van der Waals surface area contributed by atoms with E-state index in [0.29, 0.717) is 30.0 Å². The summed E-state index contributed by atoms with van der Waals surface area (Å²) in [7, 11) is 0. The van der Waals surface area contributed by atoms with Gasteiger partial charge in [0.15, 0.2) is 0 Å². The largest absolute Gasteiger partial charge is 0.379 e. The third kappa shape index (κ3) is 5.24. The highest BCUT2D eigenvalue weighted by atomic mass is 19.1. The highest BCUT2D eigenvalue weighted by molar-refractivity contribution is 5.94. The fourth-order valence-corrected chi connectivity index (χ4v) is 2.75. The van der Waals surface area contributed by atoms with E-state index in [9.17, 15) is 9.18 Å². The van der Waals surface area contributed by atoms with Crippen LogP contribution in [0.15, 0.2) is 42.6 Å². The van der Waals surface area contributed by atoms with E-state index in [0.717, 1.165) is 32.8 Å². The van der Waals surface area contributed by atoms with E-state index in [1.807, 2.05) is 0 Å². The average Bonchev–Trinajstić information content (AvgIpc) is 2.68. The molecule has 0 radical (unpaired) electrons. The zero-order chi connectivity index (χ0) is 18.2. The number of pyridine rings is 1. The zero-order valence-electron chi connectivity index (χ0n) is 14.6. The van der Waals surface area contributed by atoms with Gasteiger partial charge >= 0.3 is 0 Å². The van der Waals surface area contributed by atoms with Gasteiger partial charge in [-0.15, -0.1) is 0 Å². The van der Waals surface area contributed by atoms with Gasteiger partial charge in [0.25, 0.3) is 5.91 Å². The Morgan fingerprint density at radius 3 is 2.85 bits per heavy atom. The molecule has 1 aliphatic heterocycles. The molecule has 7 heteroatoms. The van der Waals surface area contributed by atoms with Crippen LogP contribution < -0.4 is 10.6 Å². The lowest BCUT2D eigenvalue weighted by Crippen LogP contribution is -2.41. The third-order valence-electron chi connectivity index (χ3n) is 4.26. The first kappa shape index (κ1) is 18.3. The Morgan fingerprint density at radius 1 is 1.23 bits per heavy atom. The molecule has 0 aliphatic carbocycles. The van der Waals surface area contributed by atoms with E-state index in [-0.39, 0.29) is 11.7 Å². The fourth-order valence-electron chi connectivity index (χ4n) is 2.75. The molecule has 1 saturated heterocycles. The molecule has 1 aromatic carbocycles. The molecule has 0 atom stereocenters. The molecule has 2 heterocycles. The summed E-state index contributed by atoms with van der Waals surface area (Å²) < 4.78 is 19.0. The molecule has 138 valence electrons. The van der Waals surface area contributed by atoms with Gasteiger partial charge in [0.05, 0.1) is 13.2 Å². The third-order valence-corrected chi connectivity index (χ3v) is 4.26. The van der Waals surface area contributed by atoms with Crippen molar-refractivity contribution in [3.63, 3.8) is 0 Å². The van der Waals surface area contributed by atoms with Crippen LogP contribution in [0, 0.1) is 5.82 Å². The van der Waals surface area contributed by atoms with Crippen LogP contribution in [0.25, 0.3) is 0 Å². The van der Waals surface area contributed by atoms with Crippen molar-refractivity contribution in [3.05, 3.63) is 59.5 Å². The van der Waals surface area contributed by atoms with E-state index >= 15 is 0 Å². The Morgan fingerprint density at radius 2 is 2.04 bits per heavy atom. The number of hydrogen-bond acceptors (Lipinski definition) is 5. The Bertz CT molecular complexity index is 735. The van der Waals surface area contributed by atoms with Crippen LogP contribution in [0.1, 0.15) is 15.9 Å². The van der Waals surface area contributed by atoms with Gasteiger partial charge in [-0.2, -0.15) is 0 Å². The molecular formula is C19H23FN4O2. The Labute approximate surface area is 152 Å². The van der Waals surface area contributed by atoms with Crippen molar-refractivity contribution >= 4 is 11.7 Å². The summed E-state index contributed by atoms with van der Waals surface area (Å²) in [6, 6.07) is 9.90. The quantitative estimate of drug-likeness (QED) is 0.791. The number of aromatic nitrogens is 1. The number of amides is 1. The molecule has 2 aromatic rings. The first-order valence-electron chi connectivity index (χ1n) is 8.74. The second-order valence-corrected chi connectivity index (χ2v) is 6.08. The topological polar surface area (TPSA) is 66.5 Å². The SMILES string of the molecule is O=C(NCCN1CCOCC1)c1ccnc(NCc2ccccc2F)c1. The smallest absolute Gasteiger partial charge is 0.251 e. The summed E-state index contributed by atoms with van der Waals surface area (Å²) in [5, 5.41) is 5.97. The lowest BCUT2D eigenvalue weighted by molar-refractivity contribution is 0.0383. The highest BCUT2D eigenvalue weighted by Gasteiger charge is 2.11. The van der Waals surface area contributed by atoms with E-state index in [1.54, 1.807) is 36.5 Å². The number of nitrogens with one attached hydrogen (secondary N) is 2. The van der Waals surface area contributed by atoms with Crippen LogP contribution in [0.2, 0.25) is 0 Å². The summed E-state index contributed by atoms with van der Waals surface area (Å²) in [6.45, 7) is 4.98. The van der Waals surface area contributed by atoms with Gasteiger partial charge in [-0.05, 0) is 18.2 Å². The monoisotopic (exact) mass is 358 g/mol. The number of carbonyl (C=O) groups is 1. The lowest BCUT2D eigenvalue weighted by Gasteiger charge is -2.26. The van der Waals surface area contributed by atoms with Gasteiger partial charge < -0.3 is 15.4 Å². The summed E-state index contributed by atoms with van der Waals surface area (Å²) >= 11 is 0. The van der Waals surface area contributed by atoms with Crippen molar-refractivity contribution in [1.82, 2.24) is 15.2 Å². The first-order valence-corrected chi connectivity index (χ1v) is 8.74. The van der Waals surface area contributed by atoms with E-state index in [1.165, 1.54) is 6.07 Å². The van der Waals surface area contributed by atoms with Crippen molar-refractivity contribution in [2.45, 2.75) is 6.54 Å². The fraction of sp³-hybridized carbons (Fsp3) is 0.368. The number of carbonyl (C=O) groups excluding carboxylic acids is 1. The molecule has 0 bridgehead atoms. The van der Waals surface area contributed by atoms with Crippen LogP contribution in [-0.4, -0.2) is 55.2 Å². The molecule has 26 heavy (non-hydrogen) atoms. The number of rotatable bonds is 7. The second-order valence-electron chi connectivity index (χ2n) is 6.08. The minimum Gasteiger partial charge on any atom is -0.379 e. The van der Waals surface area contributed by atoms with Crippen LogP contribution >= 0.6 is 0 Å². The van der Waals surface area contributed by atoms with Gasteiger partial charge in [-0.3, -0.25) is 9.69 Å². The number of benzene rings is 1. The summed E-state index contributed by atoms with van der Waals surface area (Å²) in [6.07, 6.45) is 1.57. The predicted octanol–water partition coefficient (Wildman–Crippen LogP) is 1.89. The first-order chi connectivity index (χ1) is 12.7. The number of halogens is 1. The summed E-state index contributed by atoms with van der Waals surface area (Å²) in [5.74, 6) is 0.126. The van der Waals surface area contributed by atoms with Gasteiger partial charge in [-0.25, -0.2) is 9.37 Å². The van der Waals surface area contributed by atoms with Crippen LogP contribution in [0.3, 0.4) is 0 Å². The molecule has 0 spiro atoms. The van der Waals surface area contributed by atoms with Crippen LogP contribution in [-0.2, 0) is 11.3 Å². The summed E-state index contributed by atoms with van der Waals surface area (Å²) in [5.41, 5.74) is 1.08. The molecule has 6 nitrogen and oxygen atoms in total. The van der Waals surface area contributed by atoms with Gasteiger partial charge in [0.1, 0.15) is 11.6 Å². The molecule has 0 saturated carbocycles. The molecule has 2 N–H and O–H groups in total. The maximum atomic E-state index is 13.7. The molecule has 1 aromatic heterocycles. The second kappa shape index (κ2) is 9.26. The average molecular weight is 358 g/mol.